The Morgan fingerprint density at radius 3 is 2.90 bits per heavy atom. The predicted octanol–water partition coefficient (Wildman–Crippen LogP) is 3.39. The van der Waals surface area contributed by atoms with Crippen molar-refractivity contribution in [3.8, 4) is 17.3 Å². The van der Waals surface area contributed by atoms with Crippen LogP contribution in [0.25, 0.3) is 33.7 Å². The normalized spacial score (nSPS) is 11.3. The third-order valence-corrected chi connectivity index (χ3v) is 3.60. The molecule has 5 nitrogen and oxygen atoms in total. The summed E-state index contributed by atoms with van der Waals surface area (Å²) in [6.07, 6.45) is 1.74. The molecule has 21 heavy (non-hydrogen) atoms. The van der Waals surface area contributed by atoms with E-state index >= 15 is 0 Å². The molecule has 0 saturated heterocycles. The van der Waals surface area contributed by atoms with E-state index in [9.17, 15) is 0 Å². The van der Waals surface area contributed by atoms with Gasteiger partial charge in [0.05, 0.1) is 12.6 Å². The molecule has 4 aromatic rings. The summed E-state index contributed by atoms with van der Waals surface area (Å²) >= 11 is 0. The maximum absolute atomic E-state index is 5.92. The van der Waals surface area contributed by atoms with Crippen LogP contribution in [0, 0.1) is 0 Å². The molecule has 0 bridgehead atoms. The molecule has 0 atom stereocenters. The average Bonchev–Trinajstić information content (AvgIpc) is 3.08. The van der Waals surface area contributed by atoms with Crippen LogP contribution in [0.4, 0.5) is 0 Å². The van der Waals surface area contributed by atoms with Gasteiger partial charge in [0.1, 0.15) is 11.3 Å². The fourth-order valence-electron chi connectivity index (χ4n) is 2.49. The van der Waals surface area contributed by atoms with Crippen LogP contribution in [-0.4, -0.2) is 21.6 Å². The molecule has 1 aromatic carbocycles. The maximum atomic E-state index is 5.92. The highest BCUT2D eigenvalue weighted by atomic mass is 16.5. The van der Waals surface area contributed by atoms with Crippen LogP contribution < -0.4 is 4.74 Å². The highest BCUT2D eigenvalue weighted by Crippen LogP contribution is 2.30. The Balaban J connectivity index is 1.93. The SMILES string of the molecule is COc1ccc2cc(-c3nc4ncccc4n3C)oc2c1. The lowest BCUT2D eigenvalue weighted by Crippen LogP contribution is -1.90. The van der Waals surface area contributed by atoms with Crippen LogP contribution in [0.2, 0.25) is 0 Å². The van der Waals surface area contributed by atoms with E-state index in [1.807, 2.05) is 48.0 Å². The third-order valence-electron chi connectivity index (χ3n) is 3.60. The van der Waals surface area contributed by atoms with Gasteiger partial charge < -0.3 is 13.7 Å². The van der Waals surface area contributed by atoms with Gasteiger partial charge in [-0.3, -0.25) is 0 Å². The summed E-state index contributed by atoms with van der Waals surface area (Å²) in [5.41, 5.74) is 2.47. The topological polar surface area (TPSA) is 53.1 Å². The number of furan rings is 1. The van der Waals surface area contributed by atoms with Crippen LogP contribution in [0.5, 0.6) is 5.75 Å². The van der Waals surface area contributed by atoms with Gasteiger partial charge >= 0.3 is 0 Å². The molecule has 0 unspecified atom stereocenters. The number of methoxy groups -OCH3 is 1. The second-order valence-corrected chi connectivity index (χ2v) is 4.85. The fraction of sp³-hybridized carbons (Fsp3) is 0.125. The van der Waals surface area contributed by atoms with Crippen molar-refractivity contribution in [2.75, 3.05) is 7.11 Å². The summed E-state index contributed by atoms with van der Waals surface area (Å²) in [7, 11) is 3.60. The minimum atomic E-state index is 0.716. The van der Waals surface area contributed by atoms with Gasteiger partial charge in [-0.1, -0.05) is 0 Å². The Kier molecular flexibility index (Phi) is 2.47. The first-order chi connectivity index (χ1) is 10.3. The van der Waals surface area contributed by atoms with E-state index in [4.69, 9.17) is 9.15 Å². The van der Waals surface area contributed by atoms with Gasteiger partial charge in [0.15, 0.2) is 17.2 Å². The van der Waals surface area contributed by atoms with E-state index in [0.29, 0.717) is 5.65 Å². The molecular weight excluding hydrogens is 266 g/mol. The minimum absolute atomic E-state index is 0.716. The monoisotopic (exact) mass is 279 g/mol. The quantitative estimate of drug-likeness (QED) is 0.564. The zero-order chi connectivity index (χ0) is 14.4. The average molecular weight is 279 g/mol. The lowest BCUT2D eigenvalue weighted by atomic mass is 10.2. The molecule has 0 fully saturated rings. The molecule has 0 aliphatic heterocycles. The molecule has 3 aromatic heterocycles. The summed E-state index contributed by atoms with van der Waals surface area (Å²) in [6, 6.07) is 11.6. The maximum Gasteiger partial charge on any atom is 0.178 e. The summed E-state index contributed by atoms with van der Waals surface area (Å²) in [6.45, 7) is 0. The Bertz CT molecular complexity index is 953. The third kappa shape index (κ3) is 1.78. The van der Waals surface area contributed by atoms with Gasteiger partial charge in [-0.25, -0.2) is 9.97 Å². The Morgan fingerprint density at radius 2 is 2.10 bits per heavy atom. The molecule has 3 heterocycles. The summed E-state index contributed by atoms with van der Waals surface area (Å²) < 4.78 is 13.1. The van der Waals surface area contributed by atoms with Crippen molar-refractivity contribution < 1.29 is 9.15 Å². The van der Waals surface area contributed by atoms with Crippen LogP contribution in [-0.2, 0) is 7.05 Å². The van der Waals surface area contributed by atoms with Crippen molar-refractivity contribution >= 4 is 22.1 Å². The molecule has 104 valence electrons. The van der Waals surface area contributed by atoms with Crippen LogP contribution >= 0.6 is 0 Å². The van der Waals surface area contributed by atoms with Crippen molar-refractivity contribution in [2.45, 2.75) is 0 Å². The Labute approximate surface area is 120 Å². The number of hydrogen-bond donors (Lipinski definition) is 0. The van der Waals surface area contributed by atoms with Crippen molar-refractivity contribution in [1.82, 2.24) is 14.5 Å². The summed E-state index contributed by atoms with van der Waals surface area (Å²) in [5.74, 6) is 2.26. The molecule has 0 saturated carbocycles. The second kappa shape index (κ2) is 4.34. The van der Waals surface area contributed by atoms with Crippen molar-refractivity contribution in [3.63, 3.8) is 0 Å². The lowest BCUT2D eigenvalue weighted by molar-refractivity contribution is 0.414. The summed E-state index contributed by atoms with van der Waals surface area (Å²) in [4.78, 5) is 8.82. The van der Waals surface area contributed by atoms with E-state index in [1.54, 1.807) is 13.3 Å². The van der Waals surface area contributed by atoms with Crippen LogP contribution in [0.3, 0.4) is 0 Å². The number of aryl methyl sites for hydroxylation is 1. The molecule has 0 aliphatic carbocycles. The van der Waals surface area contributed by atoms with E-state index in [0.717, 1.165) is 33.8 Å². The Morgan fingerprint density at radius 1 is 1.19 bits per heavy atom. The zero-order valence-electron chi connectivity index (χ0n) is 11.7. The first-order valence-electron chi connectivity index (χ1n) is 6.61. The molecular formula is C16H13N3O2. The zero-order valence-corrected chi connectivity index (χ0v) is 11.7. The van der Waals surface area contributed by atoms with Gasteiger partial charge in [-0.2, -0.15) is 0 Å². The first kappa shape index (κ1) is 12.0. The number of benzene rings is 1. The van der Waals surface area contributed by atoms with E-state index in [2.05, 4.69) is 9.97 Å². The fourth-order valence-corrected chi connectivity index (χ4v) is 2.49. The number of rotatable bonds is 2. The standard InChI is InChI=1S/C16H13N3O2/c1-19-12-4-3-7-17-15(12)18-16(19)14-8-10-5-6-11(20-2)9-13(10)21-14/h3-9H,1-2H3. The molecule has 4 rings (SSSR count). The van der Waals surface area contributed by atoms with Crippen molar-refractivity contribution in [3.05, 3.63) is 42.6 Å². The van der Waals surface area contributed by atoms with Gasteiger partial charge in [0, 0.05) is 24.7 Å². The van der Waals surface area contributed by atoms with Crippen molar-refractivity contribution in [1.29, 1.82) is 0 Å². The molecule has 0 N–H and O–H groups in total. The lowest BCUT2D eigenvalue weighted by Gasteiger charge is -1.98. The number of nitrogens with zero attached hydrogens (tertiary/aromatic N) is 3. The molecule has 5 heteroatoms. The van der Waals surface area contributed by atoms with Gasteiger partial charge in [0.25, 0.3) is 0 Å². The second-order valence-electron chi connectivity index (χ2n) is 4.85. The molecule has 0 spiro atoms. The highest BCUT2D eigenvalue weighted by Gasteiger charge is 2.14. The van der Waals surface area contributed by atoms with Gasteiger partial charge in [-0.15, -0.1) is 0 Å². The predicted molar refractivity (Wildman–Crippen MR) is 80.3 cm³/mol. The molecule has 0 aliphatic rings. The number of fused-ring (bicyclic) bond motifs is 2. The van der Waals surface area contributed by atoms with E-state index in [-0.39, 0.29) is 0 Å². The first-order valence-corrected chi connectivity index (χ1v) is 6.61. The molecule has 0 amide bonds. The summed E-state index contributed by atoms with van der Waals surface area (Å²) in [5, 5.41) is 1.02. The van der Waals surface area contributed by atoms with Crippen LogP contribution in [0.1, 0.15) is 0 Å². The minimum Gasteiger partial charge on any atom is -0.497 e. The number of hydrogen-bond acceptors (Lipinski definition) is 4. The number of imidazole rings is 1. The van der Waals surface area contributed by atoms with Crippen molar-refractivity contribution in [2.24, 2.45) is 7.05 Å². The number of ether oxygens (including phenoxy) is 1. The van der Waals surface area contributed by atoms with Gasteiger partial charge in [0.2, 0.25) is 0 Å². The molecule has 0 radical (unpaired) electrons. The van der Waals surface area contributed by atoms with Gasteiger partial charge in [-0.05, 0) is 30.3 Å². The van der Waals surface area contributed by atoms with Crippen LogP contribution in [0.15, 0.2) is 47.0 Å². The number of pyridine rings is 1. The number of aromatic nitrogens is 3. The largest absolute Gasteiger partial charge is 0.497 e. The van der Waals surface area contributed by atoms with E-state index < -0.39 is 0 Å². The smallest absolute Gasteiger partial charge is 0.178 e. The highest BCUT2D eigenvalue weighted by molar-refractivity contribution is 5.84. The van der Waals surface area contributed by atoms with E-state index in [1.165, 1.54) is 0 Å². The Hall–Kier alpha value is -2.82.